The third-order valence-corrected chi connectivity index (χ3v) is 5.10. The molecule has 0 bridgehead atoms. The van der Waals surface area contributed by atoms with Gasteiger partial charge in [-0.3, -0.25) is 0 Å². The number of halogens is 2. The smallest absolute Gasteiger partial charge is 1.00 e. The maximum atomic E-state index is 5.64. The Morgan fingerprint density at radius 1 is 1.46 bits per heavy atom. The van der Waals surface area contributed by atoms with Gasteiger partial charge in [-0.05, 0) is 0 Å². The summed E-state index contributed by atoms with van der Waals surface area (Å²) in [7, 11) is 0. The fourth-order valence-electron chi connectivity index (χ4n) is 0.883. The summed E-state index contributed by atoms with van der Waals surface area (Å²) in [6.07, 6.45) is 10.2. The molecule has 74 valence electrons. The van der Waals surface area contributed by atoms with Crippen LogP contribution in [-0.2, 0) is 26.2 Å². The monoisotopic (exact) mass is 388 g/mol. The molecule has 0 saturated heterocycles. The molecule has 0 aromatic heterocycles. The van der Waals surface area contributed by atoms with Gasteiger partial charge in [0.15, 0.2) is 0 Å². The van der Waals surface area contributed by atoms with Gasteiger partial charge in [-0.2, -0.15) is 0 Å². The van der Waals surface area contributed by atoms with Gasteiger partial charge in [0.05, 0.1) is 0 Å². The summed E-state index contributed by atoms with van der Waals surface area (Å²) in [6, 6.07) is 0. The van der Waals surface area contributed by atoms with Crippen molar-refractivity contribution in [3.05, 3.63) is 21.6 Å². The Hall–Kier alpha value is 0.890. The predicted molar refractivity (Wildman–Crippen MR) is 42.7 cm³/mol. The fourth-order valence-corrected chi connectivity index (χ4v) is 3.75. The molecule has 0 N–H and O–H groups in total. The van der Waals surface area contributed by atoms with Crippen molar-refractivity contribution < 1.29 is 51.0 Å². The molecule has 13 heavy (non-hydrogen) atoms. The van der Waals surface area contributed by atoms with E-state index in [9.17, 15) is 0 Å². The van der Waals surface area contributed by atoms with E-state index in [-0.39, 0.29) is 24.8 Å². The minimum Gasteiger partial charge on any atom is -1.00 e. The van der Waals surface area contributed by atoms with Gasteiger partial charge >= 0.3 is 80.5 Å². The first-order chi connectivity index (χ1) is 5.43. The molecule has 0 unspecified atom stereocenters. The molecule has 0 radical (unpaired) electrons. The van der Waals surface area contributed by atoms with Crippen LogP contribution in [0, 0.1) is 0 Å². The SMILES string of the molecule is CCCC[O][Hf+2][C]1=CC=CC1.[Cl-].[Cl-]. The van der Waals surface area contributed by atoms with Crippen LogP contribution in [0.25, 0.3) is 0 Å². The van der Waals surface area contributed by atoms with Crippen LogP contribution in [0.3, 0.4) is 0 Å². The van der Waals surface area contributed by atoms with Crippen LogP contribution >= 0.6 is 0 Å². The molecule has 0 spiro atoms. The zero-order valence-electron chi connectivity index (χ0n) is 7.72. The average molecular weight is 388 g/mol. The first-order valence-electron chi connectivity index (χ1n) is 4.17. The molecule has 0 atom stereocenters. The van der Waals surface area contributed by atoms with E-state index in [2.05, 4.69) is 25.2 Å². The largest absolute Gasteiger partial charge is 1.00 e. The molecular weight excluding hydrogens is 373 g/mol. The summed E-state index contributed by atoms with van der Waals surface area (Å²) in [5, 5.41) is 0. The molecule has 0 heterocycles. The van der Waals surface area contributed by atoms with Gasteiger partial charge in [-0.15, -0.1) is 0 Å². The number of unbranched alkanes of at least 4 members (excludes halogenated alkanes) is 1. The third-order valence-electron chi connectivity index (χ3n) is 1.57. The molecule has 0 saturated carbocycles. The van der Waals surface area contributed by atoms with E-state index in [4.69, 9.17) is 2.85 Å². The molecule has 1 nitrogen and oxygen atoms in total. The molecular formula is C9H14Cl2HfO. The summed E-state index contributed by atoms with van der Waals surface area (Å²) >= 11 is -0.798. The van der Waals surface area contributed by atoms with E-state index in [0.717, 1.165) is 6.61 Å². The van der Waals surface area contributed by atoms with Crippen LogP contribution in [0.15, 0.2) is 21.6 Å². The number of rotatable bonds is 5. The fraction of sp³-hybridized carbons (Fsp3) is 0.556. The van der Waals surface area contributed by atoms with Gasteiger partial charge in [-0.1, -0.05) is 0 Å². The summed E-state index contributed by atoms with van der Waals surface area (Å²) in [5.41, 5.74) is 0. The Morgan fingerprint density at radius 2 is 2.23 bits per heavy atom. The van der Waals surface area contributed by atoms with Crippen molar-refractivity contribution in [1.29, 1.82) is 0 Å². The van der Waals surface area contributed by atoms with Crippen LogP contribution in [0.5, 0.6) is 0 Å². The molecule has 1 rings (SSSR count). The summed E-state index contributed by atoms with van der Waals surface area (Å²) in [4.78, 5) is 0. The van der Waals surface area contributed by atoms with Crippen molar-refractivity contribution in [2.75, 3.05) is 6.61 Å². The molecule has 0 aliphatic heterocycles. The Balaban J connectivity index is 0. The van der Waals surface area contributed by atoms with Gasteiger partial charge < -0.3 is 24.8 Å². The third kappa shape index (κ3) is 7.92. The molecule has 0 aromatic rings. The van der Waals surface area contributed by atoms with E-state index in [0.29, 0.717) is 0 Å². The second-order valence-corrected chi connectivity index (χ2v) is 6.71. The van der Waals surface area contributed by atoms with Crippen LogP contribution in [0.1, 0.15) is 26.2 Å². The quantitative estimate of drug-likeness (QED) is 0.354. The number of hydrogen-bond donors (Lipinski definition) is 0. The van der Waals surface area contributed by atoms with Crippen LogP contribution < -0.4 is 24.8 Å². The molecule has 0 amide bonds. The maximum Gasteiger partial charge on any atom is -1.00 e. The molecule has 0 fully saturated rings. The predicted octanol–water partition coefficient (Wildman–Crippen LogP) is -3.35. The number of allylic oxidation sites excluding steroid dienone is 4. The summed E-state index contributed by atoms with van der Waals surface area (Å²) in [6.45, 7) is 3.20. The average Bonchev–Trinajstić information content (AvgIpc) is 2.50. The molecule has 4 heteroatoms. The van der Waals surface area contributed by atoms with E-state index < -0.39 is 23.3 Å². The van der Waals surface area contributed by atoms with Gasteiger partial charge in [0, 0.05) is 0 Å². The standard InChI is InChI=1S/C5H5.C4H9O.2ClH.Hf/c1-2-4-5-3-1;1-2-3-4-5;;;/h1-3H,4H2;2-4H2,1H3;2*1H;/q;-1;;;+3/p-2. The molecule has 0 aromatic carbocycles. The van der Waals surface area contributed by atoms with E-state index in [1.807, 2.05) is 0 Å². The van der Waals surface area contributed by atoms with E-state index >= 15 is 0 Å². The normalized spacial score (nSPS) is 12.5. The topological polar surface area (TPSA) is 9.23 Å². The van der Waals surface area contributed by atoms with Crippen molar-refractivity contribution in [2.45, 2.75) is 26.2 Å². The van der Waals surface area contributed by atoms with Gasteiger partial charge in [-0.25, -0.2) is 0 Å². The summed E-state index contributed by atoms with van der Waals surface area (Å²) in [5.74, 6) is 0. The van der Waals surface area contributed by atoms with E-state index in [1.54, 1.807) is 3.33 Å². The van der Waals surface area contributed by atoms with Crippen molar-refractivity contribution in [3.8, 4) is 0 Å². The minimum absolute atomic E-state index is 0. The Morgan fingerprint density at radius 3 is 2.77 bits per heavy atom. The first-order valence-corrected chi connectivity index (χ1v) is 7.43. The van der Waals surface area contributed by atoms with Gasteiger partial charge in [0.25, 0.3) is 0 Å². The van der Waals surface area contributed by atoms with Gasteiger partial charge in [0.2, 0.25) is 0 Å². The van der Waals surface area contributed by atoms with Crippen LogP contribution in [0.4, 0.5) is 0 Å². The Bertz CT molecular complexity index is 169. The van der Waals surface area contributed by atoms with Crippen molar-refractivity contribution >= 4 is 0 Å². The van der Waals surface area contributed by atoms with Crippen LogP contribution in [0.2, 0.25) is 0 Å². The molecule has 1 aliphatic rings. The second kappa shape index (κ2) is 11.0. The first kappa shape index (κ1) is 16.3. The second-order valence-electron chi connectivity index (χ2n) is 2.63. The van der Waals surface area contributed by atoms with Crippen molar-refractivity contribution in [1.82, 2.24) is 0 Å². The summed E-state index contributed by atoms with van der Waals surface area (Å²) < 4.78 is 7.24. The zero-order valence-corrected chi connectivity index (χ0v) is 12.8. The van der Waals surface area contributed by atoms with Crippen molar-refractivity contribution in [3.63, 3.8) is 0 Å². The molecule has 1 aliphatic carbocycles. The zero-order chi connectivity index (χ0) is 7.94. The van der Waals surface area contributed by atoms with E-state index in [1.165, 1.54) is 19.3 Å². The van der Waals surface area contributed by atoms with Crippen molar-refractivity contribution in [2.24, 2.45) is 0 Å². The van der Waals surface area contributed by atoms with Gasteiger partial charge in [0.1, 0.15) is 0 Å². The Labute approximate surface area is 105 Å². The number of hydrogen-bond acceptors (Lipinski definition) is 1. The van der Waals surface area contributed by atoms with Crippen LogP contribution in [-0.4, -0.2) is 6.61 Å². The maximum absolute atomic E-state index is 5.64. The Kier molecular flexibility index (Phi) is 13.8. The minimum atomic E-state index is -0.798.